The van der Waals surface area contributed by atoms with Crippen molar-refractivity contribution in [3.8, 4) is 17.6 Å². The number of carbonyl (C=O) groups excluding carboxylic acids is 1. The number of hydrogen-bond acceptors (Lipinski definition) is 6. The van der Waals surface area contributed by atoms with E-state index in [1.165, 1.54) is 24.3 Å². The van der Waals surface area contributed by atoms with Crippen molar-refractivity contribution in [2.45, 2.75) is 18.7 Å². The zero-order valence-electron chi connectivity index (χ0n) is 18.4. The van der Waals surface area contributed by atoms with Gasteiger partial charge in [0, 0.05) is 21.8 Å². The lowest BCUT2D eigenvalue weighted by Crippen LogP contribution is -2.14. The van der Waals surface area contributed by atoms with Gasteiger partial charge in [-0.25, -0.2) is 0 Å². The summed E-state index contributed by atoms with van der Waals surface area (Å²) in [4.78, 5) is 12.7. The smallest absolute Gasteiger partial charge is 0.339 e. The Morgan fingerprint density at radius 1 is 1.12 bits per heavy atom. The summed E-state index contributed by atoms with van der Waals surface area (Å²) < 4.78 is 36.9. The molecule has 0 radical (unpaired) electrons. The van der Waals surface area contributed by atoms with Crippen LogP contribution in [0.2, 0.25) is 0 Å². The molecule has 0 fully saturated rings. The first kappa shape index (κ1) is 25.0. The summed E-state index contributed by atoms with van der Waals surface area (Å²) in [5.74, 6) is -0.113. The van der Waals surface area contributed by atoms with Crippen LogP contribution in [-0.2, 0) is 14.9 Å². The zero-order chi connectivity index (χ0) is 24.7. The standard InChI is InChI=1S/C25H21BrN2O5S/c1-3-32-22-6-4-5-21(15-22)28-25(29)19(16-27)13-18-14-20(26)9-12-24(18)33-34(30,31)23-10-7-17(2)8-11-23/h4-15H,3H2,1-2H3,(H,28,29)/b19-13+. The number of anilines is 1. The number of hydrogen-bond donors (Lipinski definition) is 1. The fraction of sp³-hybridized carbons (Fsp3) is 0.120. The van der Waals surface area contributed by atoms with Gasteiger partial charge in [-0.1, -0.05) is 39.7 Å². The fourth-order valence-electron chi connectivity index (χ4n) is 2.91. The van der Waals surface area contributed by atoms with Crippen molar-refractivity contribution >= 4 is 43.7 Å². The SMILES string of the molecule is CCOc1cccc(NC(=O)/C(C#N)=C/c2cc(Br)ccc2OS(=O)(=O)c2ccc(C)cc2)c1. The number of halogens is 1. The number of rotatable bonds is 8. The van der Waals surface area contributed by atoms with Gasteiger partial charge < -0.3 is 14.2 Å². The first-order valence-corrected chi connectivity index (χ1v) is 12.4. The van der Waals surface area contributed by atoms with E-state index < -0.39 is 16.0 Å². The summed E-state index contributed by atoms with van der Waals surface area (Å²) in [6, 6.07) is 19.4. The molecule has 174 valence electrons. The van der Waals surface area contributed by atoms with Crippen LogP contribution in [0.3, 0.4) is 0 Å². The van der Waals surface area contributed by atoms with E-state index in [0.29, 0.717) is 22.5 Å². The molecule has 34 heavy (non-hydrogen) atoms. The van der Waals surface area contributed by atoms with Crippen LogP contribution >= 0.6 is 15.9 Å². The van der Waals surface area contributed by atoms with Gasteiger partial charge in [0.15, 0.2) is 0 Å². The number of nitrogens with zero attached hydrogens (tertiary/aromatic N) is 1. The second kappa shape index (κ2) is 11.0. The van der Waals surface area contributed by atoms with E-state index in [0.717, 1.165) is 5.56 Å². The predicted octanol–water partition coefficient (Wildman–Crippen LogP) is 5.47. The van der Waals surface area contributed by atoms with Crippen LogP contribution in [0, 0.1) is 18.3 Å². The number of benzene rings is 3. The molecule has 0 aromatic heterocycles. The number of carbonyl (C=O) groups is 1. The minimum absolute atomic E-state index is 0.0108. The Morgan fingerprint density at radius 2 is 1.85 bits per heavy atom. The first-order valence-electron chi connectivity index (χ1n) is 10.2. The Kier molecular flexibility index (Phi) is 8.10. The third kappa shape index (κ3) is 6.47. The second-order valence-corrected chi connectivity index (χ2v) is 9.58. The van der Waals surface area contributed by atoms with Gasteiger partial charge in [-0.05, 0) is 62.4 Å². The Hall–Kier alpha value is -3.61. The molecule has 0 heterocycles. The molecule has 7 nitrogen and oxygen atoms in total. The third-order valence-corrected chi connectivity index (χ3v) is 6.29. The topological polar surface area (TPSA) is 105 Å². The summed E-state index contributed by atoms with van der Waals surface area (Å²) in [6.45, 7) is 4.16. The Bertz CT molecular complexity index is 1380. The number of aryl methyl sites for hydroxylation is 1. The first-order chi connectivity index (χ1) is 16.2. The quantitative estimate of drug-likeness (QED) is 0.230. The normalized spacial score (nSPS) is 11.4. The summed E-state index contributed by atoms with van der Waals surface area (Å²) in [5.41, 5.74) is 1.35. The van der Waals surface area contributed by atoms with Gasteiger partial charge in [-0.3, -0.25) is 4.79 Å². The molecular weight excluding hydrogens is 520 g/mol. The molecule has 0 aliphatic rings. The molecule has 0 aliphatic carbocycles. The van der Waals surface area contributed by atoms with E-state index in [1.807, 2.05) is 19.9 Å². The fourth-order valence-corrected chi connectivity index (χ4v) is 4.24. The molecule has 3 aromatic carbocycles. The van der Waals surface area contributed by atoms with Crippen LogP contribution in [0.15, 0.2) is 81.7 Å². The lowest BCUT2D eigenvalue weighted by Gasteiger charge is -2.11. The van der Waals surface area contributed by atoms with Gasteiger partial charge in [0.2, 0.25) is 0 Å². The molecule has 0 aliphatic heterocycles. The van der Waals surface area contributed by atoms with Crippen LogP contribution in [0.25, 0.3) is 6.08 Å². The maximum atomic E-state index is 12.8. The van der Waals surface area contributed by atoms with E-state index in [2.05, 4.69) is 21.2 Å². The molecule has 0 saturated heterocycles. The van der Waals surface area contributed by atoms with Crippen molar-refractivity contribution in [2.24, 2.45) is 0 Å². The van der Waals surface area contributed by atoms with Crippen LogP contribution in [0.1, 0.15) is 18.1 Å². The van der Waals surface area contributed by atoms with E-state index in [4.69, 9.17) is 8.92 Å². The average Bonchev–Trinajstić information content (AvgIpc) is 2.79. The highest BCUT2D eigenvalue weighted by Gasteiger charge is 2.19. The molecule has 0 bridgehead atoms. The highest BCUT2D eigenvalue weighted by Crippen LogP contribution is 2.29. The van der Waals surface area contributed by atoms with Crippen molar-refractivity contribution in [1.82, 2.24) is 0 Å². The van der Waals surface area contributed by atoms with E-state index >= 15 is 0 Å². The lowest BCUT2D eigenvalue weighted by molar-refractivity contribution is -0.112. The summed E-state index contributed by atoms with van der Waals surface area (Å²) >= 11 is 3.32. The minimum atomic E-state index is -4.13. The Balaban J connectivity index is 1.91. The van der Waals surface area contributed by atoms with Crippen LogP contribution in [0.5, 0.6) is 11.5 Å². The van der Waals surface area contributed by atoms with Gasteiger partial charge in [0.05, 0.1) is 6.61 Å². The van der Waals surface area contributed by atoms with E-state index in [1.54, 1.807) is 48.5 Å². The largest absolute Gasteiger partial charge is 0.494 e. The summed E-state index contributed by atoms with van der Waals surface area (Å²) in [6.07, 6.45) is 1.27. The molecule has 3 rings (SSSR count). The van der Waals surface area contributed by atoms with Crippen LogP contribution in [-0.4, -0.2) is 20.9 Å². The van der Waals surface area contributed by atoms with Crippen molar-refractivity contribution < 1.29 is 22.1 Å². The molecule has 9 heteroatoms. The van der Waals surface area contributed by atoms with E-state index in [-0.39, 0.29) is 21.8 Å². The van der Waals surface area contributed by atoms with E-state index in [9.17, 15) is 18.5 Å². The molecule has 1 amide bonds. The molecular formula is C25H21BrN2O5S. The monoisotopic (exact) mass is 540 g/mol. The van der Waals surface area contributed by atoms with Crippen LogP contribution in [0.4, 0.5) is 5.69 Å². The molecule has 0 saturated carbocycles. The minimum Gasteiger partial charge on any atom is -0.494 e. The number of amides is 1. The zero-order valence-corrected chi connectivity index (χ0v) is 20.8. The van der Waals surface area contributed by atoms with Crippen molar-refractivity contribution in [3.63, 3.8) is 0 Å². The van der Waals surface area contributed by atoms with Crippen molar-refractivity contribution in [2.75, 3.05) is 11.9 Å². The molecule has 0 unspecified atom stereocenters. The van der Waals surface area contributed by atoms with Crippen molar-refractivity contribution in [3.05, 3.63) is 87.9 Å². The summed E-state index contributed by atoms with van der Waals surface area (Å²) in [7, 11) is -4.13. The number of nitrogens with one attached hydrogen (secondary N) is 1. The average molecular weight is 541 g/mol. The van der Waals surface area contributed by atoms with Gasteiger partial charge in [-0.2, -0.15) is 13.7 Å². The van der Waals surface area contributed by atoms with Gasteiger partial charge in [-0.15, -0.1) is 0 Å². The van der Waals surface area contributed by atoms with Gasteiger partial charge >= 0.3 is 10.1 Å². The highest BCUT2D eigenvalue weighted by molar-refractivity contribution is 9.10. The summed E-state index contributed by atoms with van der Waals surface area (Å²) in [5, 5.41) is 12.2. The highest BCUT2D eigenvalue weighted by atomic mass is 79.9. The maximum absolute atomic E-state index is 12.8. The molecule has 0 atom stereocenters. The Morgan fingerprint density at radius 3 is 2.53 bits per heavy atom. The third-order valence-electron chi connectivity index (χ3n) is 4.55. The van der Waals surface area contributed by atoms with Gasteiger partial charge in [0.1, 0.15) is 28.0 Å². The second-order valence-electron chi connectivity index (χ2n) is 7.12. The molecule has 1 N–H and O–H groups in total. The number of nitriles is 1. The predicted molar refractivity (Wildman–Crippen MR) is 133 cm³/mol. The molecule has 0 spiro atoms. The molecule has 3 aromatic rings. The Labute approximate surface area is 206 Å². The number of ether oxygens (including phenoxy) is 1. The maximum Gasteiger partial charge on any atom is 0.339 e. The van der Waals surface area contributed by atoms with Gasteiger partial charge in [0.25, 0.3) is 5.91 Å². The van der Waals surface area contributed by atoms with Crippen LogP contribution < -0.4 is 14.2 Å². The lowest BCUT2D eigenvalue weighted by atomic mass is 10.1. The van der Waals surface area contributed by atoms with Crippen molar-refractivity contribution in [1.29, 1.82) is 5.26 Å².